The SMILES string of the molecule is Cc1sc2nc(C(C)N3CCC(c4nc5ccccc5o4)CC3)[nH]c(=O)c2c1C. The third-order valence-corrected chi connectivity index (χ3v) is 7.29. The van der Waals surface area contributed by atoms with Crippen molar-refractivity contribution in [3.8, 4) is 0 Å². The van der Waals surface area contributed by atoms with E-state index in [9.17, 15) is 4.79 Å². The van der Waals surface area contributed by atoms with Gasteiger partial charge in [0, 0.05) is 10.8 Å². The van der Waals surface area contributed by atoms with Gasteiger partial charge in [-0.05, 0) is 64.4 Å². The number of benzene rings is 1. The second kappa shape index (κ2) is 7.07. The van der Waals surface area contributed by atoms with E-state index in [1.165, 1.54) is 0 Å². The molecule has 0 amide bonds. The molecule has 3 aromatic heterocycles. The van der Waals surface area contributed by atoms with E-state index in [-0.39, 0.29) is 11.6 Å². The van der Waals surface area contributed by atoms with Crippen LogP contribution in [0.1, 0.15) is 53.9 Å². The standard InChI is InChI=1S/C22H24N4O2S/c1-12-14(3)29-22-18(12)20(27)24-19(25-22)13(2)26-10-8-15(9-11-26)21-23-16-6-4-5-7-17(16)28-21/h4-7,13,15H,8-11H2,1-3H3,(H,24,25,27). The minimum atomic E-state index is -0.0277. The van der Waals surface area contributed by atoms with Crippen LogP contribution in [0.5, 0.6) is 0 Å². The van der Waals surface area contributed by atoms with Crippen LogP contribution in [0.2, 0.25) is 0 Å². The second-order valence-electron chi connectivity index (χ2n) is 7.92. The molecule has 1 aliphatic heterocycles. The third kappa shape index (κ3) is 3.18. The Morgan fingerprint density at radius 1 is 1.21 bits per heavy atom. The molecule has 1 atom stereocenters. The van der Waals surface area contributed by atoms with Crippen LogP contribution >= 0.6 is 11.3 Å². The summed E-state index contributed by atoms with van der Waals surface area (Å²) in [5.74, 6) is 1.93. The Labute approximate surface area is 172 Å². The molecule has 0 bridgehead atoms. The molecule has 0 saturated carbocycles. The molecule has 5 rings (SSSR count). The van der Waals surface area contributed by atoms with Gasteiger partial charge in [0.05, 0.1) is 11.4 Å². The summed E-state index contributed by atoms with van der Waals surface area (Å²) in [6.07, 6.45) is 1.97. The molecule has 1 saturated heterocycles. The van der Waals surface area contributed by atoms with Crippen LogP contribution in [-0.4, -0.2) is 32.9 Å². The molecule has 0 radical (unpaired) electrons. The number of aromatic amines is 1. The van der Waals surface area contributed by atoms with Crippen LogP contribution in [0.25, 0.3) is 21.3 Å². The van der Waals surface area contributed by atoms with E-state index in [0.717, 1.165) is 69.4 Å². The van der Waals surface area contributed by atoms with Crippen molar-refractivity contribution in [2.75, 3.05) is 13.1 Å². The lowest BCUT2D eigenvalue weighted by molar-refractivity contribution is 0.150. The highest BCUT2D eigenvalue weighted by molar-refractivity contribution is 7.18. The predicted octanol–water partition coefficient (Wildman–Crippen LogP) is 4.68. The van der Waals surface area contributed by atoms with Crippen LogP contribution in [-0.2, 0) is 0 Å². The highest BCUT2D eigenvalue weighted by Gasteiger charge is 2.28. The van der Waals surface area contributed by atoms with Crippen LogP contribution in [0, 0.1) is 13.8 Å². The summed E-state index contributed by atoms with van der Waals surface area (Å²) in [5.41, 5.74) is 2.79. The minimum absolute atomic E-state index is 0.0277. The molecule has 0 aliphatic carbocycles. The lowest BCUT2D eigenvalue weighted by Gasteiger charge is -2.34. The van der Waals surface area contributed by atoms with Gasteiger partial charge in [-0.15, -0.1) is 11.3 Å². The number of aryl methyl sites for hydroxylation is 2. The monoisotopic (exact) mass is 408 g/mol. The number of para-hydroxylation sites is 2. The van der Waals surface area contributed by atoms with Gasteiger partial charge in [0.1, 0.15) is 16.2 Å². The molecule has 29 heavy (non-hydrogen) atoms. The van der Waals surface area contributed by atoms with Gasteiger partial charge in [-0.3, -0.25) is 9.69 Å². The molecule has 1 N–H and O–H groups in total. The molecule has 1 aliphatic rings. The van der Waals surface area contributed by atoms with Gasteiger partial charge in [-0.2, -0.15) is 0 Å². The quantitative estimate of drug-likeness (QED) is 0.533. The lowest BCUT2D eigenvalue weighted by atomic mass is 9.95. The smallest absolute Gasteiger partial charge is 0.259 e. The average molecular weight is 409 g/mol. The average Bonchev–Trinajstić information content (AvgIpc) is 3.28. The van der Waals surface area contributed by atoms with Gasteiger partial charge < -0.3 is 9.40 Å². The summed E-state index contributed by atoms with van der Waals surface area (Å²) < 4.78 is 5.98. The maximum Gasteiger partial charge on any atom is 0.259 e. The molecular weight excluding hydrogens is 384 g/mol. The maximum absolute atomic E-state index is 12.6. The fourth-order valence-electron chi connectivity index (χ4n) is 4.24. The number of nitrogens with zero attached hydrogens (tertiary/aromatic N) is 3. The van der Waals surface area contributed by atoms with E-state index in [4.69, 9.17) is 9.40 Å². The largest absolute Gasteiger partial charge is 0.440 e. The molecule has 150 valence electrons. The summed E-state index contributed by atoms with van der Waals surface area (Å²) in [4.78, 5) is 29.5. The van der Waals surface area contributed by atoms with E-state index in [1.807, 2.05) is 38.1 Å². The number of H-pyrrole nitrogens is 1. The van der Waals surface area contributed by atoms with Crippen LogP contribution in [0.15, 0.2) is 33.5 Å². The fraction of sp³-hybridized carbons (Fsp3) is 0.409. The highest BCUT2D eigenvalue weighted by atomic mass is 32.1. The summed E-state index contributed by atoms with van der Waals surface area (Å²) in [5, 5.41) is 0.734. The Kier molecular flexibility index (Phi) is 4.52. The van der Waals surface area contributed by atoms with Crippen molar-refractivity contribution >= 4 is 32.7 Å². The van der Waals surface area contributed by atoms with Crippen molar-refractivity contribution in [3.63, 3.8) is 0 Å². The Balaban J connectivity index is 1.34. The number of rotatable bonds is 3. The third-order valence-electron chi connectivity index (χ3n) is 6.19. The van der Waals surface area contributed by atoms with Crippen molar-refractivity contribution in [1.82, 2.24) is 19.9 Å². The van der Waals surface area contributed by atoms with Crippen molar-refractivity contribution in [2.45, 2.75) is 45.6 Å². The Hall–Kier alpha value is -2.51. The van der Waals surface area contributed by atoms with Gasteiger partial charge in [0.25, 0.3) is 5.56 Å². The van der Waals surface area contributed by atoms with Gasteiger partial charge in [0.15, 0.2) is 11.5 Å². The molecule has 1 fully saturated rings. The number of likely N-dealkylation sites (tertiary alicyclic amines) is 1. The van der Waals surface area contributed by atoms with Gasteiger partial charge in [-0.1, -0.05) is 12.1 Å². The summed E-state index contributed by atoms with van der Waals surface area (Å²) >= 11 is 1.60. The molecular formula is C22H24N4O2S. The zero-order valence-electron chi connectivity index (χ0n) is 16.9. The zero-order valence-corrected chi connectivity index (χ0v) is 17.7. The topological polar surface area (TPSA) is 75.0 Å². The van der Waals surface area contributed by atoms with E-state index in [0.29, 0.717) is 5.92 Å². The van der Waals surface area contributed by atoms with Crippen LogP contribution in [0.3, 0.4) is 0 Å². The van der Waals surface area contributed by atoms with E-state index >= 15 is 0 Å². The Morgan fingerprint density at radius 2 is 1.97 bits per heavy atom. The van der Waals surface area contributed by atoms with Crippen LogP contribution < -0.4 is 5.56 Å². The van der Waals surface area contributed by atoms with Crippen molar-refractivity contribution in [1.29, 1.82) is 0 Å². The summed E-state index contributed by atoms with van der Waals surface area (Å²) in [6.45, 7) is 8.01. The van der Waals surface area contributed by atoms with E-state index < -0.39 is 0 Å². The Morgan fingerprint density at radius 3 is 2.72 bits per heavy atom. The number of hydrogen-bond acceptors (Lipinski definition) is 6. The first-order valence-corrected chi connectivity index (χ1v) is 10.9. The molecule has 1 aromatic carbocycles. The zero-order chi connectivity index (χ0) is 20.1. The fourth-order valence-corrected chi connectivity index (χ4v) is 5.28. The van der Waals surface area contributed by atoms with Crippen LogP contribution in [0.4, 0.5) is 0 Å². The highest BCUT2D eigenvalue weighted by Crippen LogP contribution is 2.33. The van der Waals surface area contributed by atoms with Crippen molar-refractivity contribution < 1.29 is 4.42 Å². The molecule has 6 nitrogen and oxygen atoms in total. The van der Waals surface area contributed by atoms with E-state index in [1.54, 1.807) is 11.3 Å². The second-order valence-corrected chi connectivity index (χ2v) is 9.12. The van der Waals surface area contributed by atoms with Gasteiger partial charge in [0.2, 0.25) is 0 Å². The predicted molar refractivity (Wildman–Crippen MR) is 116 cm³/mol. The first-order valence-electron chi connectivity index (χ1n) is 10.1. The van der Waals surface area contributed by atoms with Crippen molar-refractivity contribution in [2.24, 2.45) is 0 Å². The van der Waals surface area contributed by atoms with Crippen molar-refractivity contribution in [3.05, 3.63) is 56.8 Å². The number of thiophene rings is 1. The van der Waals surface area contributed by atoms with Gasteiger partial charge >= 0.3 is 0 Å². The number of oxazole rings is 1. The number of hydrogen-bond donors (Lipinski definition) is 1. The lowest BCUT2D eigenvalue weighted by Crippen LogP contribution is -2.36. The maximum atomic E-state index is 12.6. The minimum Gasteiger partial charge on any atom is -0.440 e. The first kappa shape index (κ1) is 18.5. The molecule has 7 heteroatoms. The van der Waals surface area contributed by atoms with E-state index in [2.05, 4.69) is 21.8 Å². The van der Waals surface area contributed by atoms with Gasteiger partial charge in [-0.25, -0.2) is 9.97 Å². The number of aromatic nitrogens is 3. The molecule has 4 aromatic rings. The summed E-state index contributed by atoms with van der Waals surface area (Å²) in [7, 11) is 0. The number of fused-ring (bicyclic) bond motifs is 2. The summed E-state index contributed by atoms with van der Waals surface area (Å²) in [6, 6.07) is 7.99. The number of nitrogens with one attached hydrogen (secondary N) is 1. The molecule has 4 heterocycles. The molecule has 0 spiro atoms. The molecule has 1 unspecified atom stereocenters. The number of piperidine rings is 1. The Bertz CT molecular complexity index is 1210. The normalized spacial score (nSPS) is 17.3. The first-order chi connectivity index (χ1) is 14.0.